The van der Waals surface area contributed by atoms with E-state index in [4.69, 9.17) is 32.7 Å². The Morgan fingerprint density at radius 1 is 1.14 bits per heavy atom. The Labute approximate surface area is 228 Å². The molecule has 0 bridgehead atoms. The van der Waals surface area contributed by atoms with Crippen molar-refractivity contribution in [1.29, 1.82) is 0 Å². The lowest BCUT2D eigenvalue weighted by Gasteiger charge is -2.14. The Hall–Kier alpha value is -2.70. The first-order valence-corrected chi connectivity index (χ1v) is 12.1. The summed E-state index contributed by atoms with van der Waals surface area (Å²) in [5, 5.41) is 7.54. The molecular weight excluding hydrogens is 633 g/mol. The Balaban J connectivity index is 1.59. The Kier molecular flexibility index (Phi) is 9.69. The average Bonchev–Trinajstić information content (AvgIpc) is 2.82. The Morgan fingerprint density at radius 3 is 2.61 bits per heavy atom. The lowest BCUT2D eigenvalue weighted by Crippen LogP contribution is -2.26. The molecule has 0 atom stereocenters. The van der Waals surface area contributed by atoms with E-state index in [-0.39, 0.29) is 18.8 Å². The molecule has 3 aromatic carbocycles. The van der Waals surface area contributed by atoms with E-state index >= 15 is 0 Å². The van der Waals surface area contributed by atoms with Gasteiger partial charge in [0.15, 0.2) is 11.5 Å². The molecule has 0 unspecified atom stereocenters. The molecule has 0 aliphatic heterocycles. The summed E-state index contributed by atoms with van der Waals surface area (Å²) in [6.07, 6.45) is -3.06. The van der Waals surface area contributed by atoms with Gasteiger partial charge in [-0.15, -0.1) is 0 Å². The molecule has 3 rings (SSSR count). The summed E-state index contributed by atoms with van der Waals surface area (Å²) in [5.41, 5.74) is 3.06. The molecule has 12 heteroatoms. The van der Waals surface area contributed by atoms with Crippen molar-refractivity contribution >= 4 is 63.6 Å². The zero-order valence-electron chi connectivity index (χ0n) is 18.6. The first-order chi connectivity index (χ1) is 17.1. The number of alkyl halides is 3. The van der Waals surface area contributed by atoms with Crippen LogP contribution in [0.1, 0.15) is 16.7 Å². The molecule has 0 saturated heterocycles. The maximum atomic E-state index is 12.8. The summed E-state index contributed by atoms with van der Waals surface area (Å²) in [7, 11) is 1.50. The van der Waals surface area contributed by atoms with Gasteiger partial charge in [-0.05, 0) is 70.6 Å². The van der Waals surface area contributed by atoms with E-state index in [1.165, 1.54) is 25.5 Å². The Bertz CT molecular complexity index is 1270. The number of benzene rings is 3. The van der Waals surface area contributed by atoms with Crippen molar-refractivity contribution in [3.8, 4) is 11.5 Å². The molecule has 0 spiro atoms. The fraction of sp³-hybridized carbons (Fsp3) is 0.167. The maximum absolute atomic E-state index is 12.8. The maximum Gasteiger partial charge on any atom is 0.416 e. The number of ether oxygens (including phenoxy) is 2. The second kappa shape index (κ2) is 12.5. The van der Waals surface area contributed by atoms with Crippen LogP contribution in [-0.2, 0) is 17.6 Å². The van der Waals surface area contributed by atoms with E-state index in [2.05, 4.69) is 38.4 Å². The summed E-state index contributed by atoms with van der Waals surface area (Å²) < 4.78 is 50.5. The number of methoxy groups -OCH3 is 1. The second-order valence-corrected chi connectivity index (χ2v) is 9.29. The third-order valence-electron chi connectivity index (χ3n) is 4.68. The van der Waals surface area contributed by atoms with Crippen LogP contribution in [0.2, 0.25) is 10.0 Å². The fourth-order valence-corrected chi connectivity index (χ4v) is 4.19. The van der Waals surface area contributed by atoms with Crippen LogP contribution >= 0.6 is 45.8 Å². The molecular formula is C24H19Cl2F3IN3O3. The van der Waals surface area contributed by atoms with E-state index in [0.29, 0.717) is 27.1 Å². The molecule has 0 aliphatic carbocycles. The number of hydrogen-bond acceptors (Lipinski definition) is 5. The molecule has 2 N–H and O–H groups in total. The van der Waals surface area contributed by atoms with E-state index in [0.717, 1.165) is 21.3 Å². The molecule has 1 amide bonds. The molecule has 0 heterocycles. The van der Waals surface area contributed by atoms with Crippen molar-refractivity contribution in [1.82, 2.24) is 5.43 Å². The van der Waals surface area contributed by atoms with Crippen LogP contribution < -0.4 is 20.2 Å². The van der Waals surface area contributed by atoms with Crippen LogP contribution in [0.3, 0.4) is 0 Å². The van der Waals surface area contributed by atoms with Gasteiger partial charge in [0.1, 0.15) is 6.61 Å². The molecule has 0 fully saturated rings. The van der Waals surface area contributed by atoms with Crippen molar-refractivity contribution in [2.45, 2.75) is 12.8 Å². The number of hydrazone groups is 1. The molecule has 0 aromatic heterocycles. The number of carbonyl (C=O) groups excluding carboxylic acids is 1. The highest BCUT2D eigenvalue weighted by atomic mass is 127. The van der Waals surface area contributed by atoms with Crippen molar-refractivity contribution in [3.05, 3.63) is 84.9 Å². The van der Waals surface area contributed by atoms with Crippen LogP contribution in [0.4, 0.5) is 18.9 Å². The minimum absolute atomic E-state index is 0.165. The number of rotatable bonds is 9. The van der Waals surface area contributed by atoms with Gasteiger partial charge in [0.2, 0.25) is 0 Å². The highest BCUT2D eigenvalue weighted by molar-refractivity contribution is 14.1. The smallest absolute Gasteiger partial charge is 0.416 e. The number of halogens is 6. The van der Waals surface area contributed by atoms with E-state index in [9.17, 15) is 18.0 Å². The van der Waals surface area contributed by atoms with Gasteiger partial charge in [0, 0.05) is 21.3 Å². The fourth-order valence-electron chi connectivity index (χ4n) is 2.95. The van der Waals surface area contributed by atoms with Gasteiger partial charge >= 0.3 is 6.18 Å². The third kappa shape index (κ3) is 7.90. The number of amides is 1. The first-order valence-electron chi connectivity index (χ1n) is 10.2. The zero-order valence-corrected chi connectivity index (χ0v) is 22.3. The topological polar surface area (TPSA) is 72.0 Å². The summed E-state index contributed by atoms with van der Waals surface area (Å²) in [5.74, 6) is 0.423. The number of nitrogens with one attached hydrogen (secondary N) is 2. The van der Waals surface area contributed by atoms with Gasteiger partial charge in [0.05, 0.1) is 29.0 Å². The minimum Gasteiger partial charge on any atom is -0.493 e. The van der Waals surface area contributed by atoms with Crippen LogP contribution in [0.5, 0.6) is 11.5 Å². The normalized spacial score (nSPS) is 11.4. The van der Waals surface area contributed by atoms with Crippen molar-refractivity contribution in [2.24, 2.45) is 5.10 Å². The summed E-state index contributed by atoms with van der Waals surface area (Å²) in [6, 6.07) is 13.2. The first kappa shape index (κ1) is 27.9. The van der Waals surface area contributed by atoms with Crippen molar-refractivity contribution < 1.29 is 27.4 Å². The van der Waals surface area contributed by atoms with Gasteiger partial charge in [-0.3, -0.25) is 4.79 Å². The van der Waals surface area contributed by atoms with E-state index in [1.54, 1.807) is 30.3 Å². The SMILES string of the molecule is COc1cc(/C=N\NC(=O)CNc2cccc(C(F)(F)F)c2)cc(I)c1OCc1ccc(Cl)cc1Cl. The number of carbonyl (C=O) groups is 1. The zero-order chi connectivity index (χ0) is 26.3. The predicted molar refractivity (Wildman–Crippen MR) is 142 cm³/mol. The molecule has 0 saturated carbocycles. The van der Waals surface area contributed by atoms with Gasteiger partial charge in [-0.25, -0.2) is 5.43 Å². The predicted octanol–water partition coefficient (Wildman–Crippen LogP) is 6.77. The Morgan fingerprint density at radius 2 is 1.92 bits per heavy atom. The van der Waals surface area contributed by atoms with Crippen molar-refractivity contribution in [2.75, 3.05) is 19.0 Å². The van der Waals surface area contributed by atoms with E-state index in [1.807, 2.05) is 0 Å². The summed E-state index contributed by atoms with van der Waals surface area (Å²) in [6.45, 7) is -0.0652. The molecule has 0 aliphatic rings. The number of nitrogens with zero attached hydrogens (tertiary/aromatic N) is 1. The third-order valence-corrected chi connectivity index (χ3v) is 6.07. The van der Waals surface area contributed by atoms with Crippen LogP contribution in [-0.4, -0.2) is 25.8 Å². The summed E-state index contributed by atoms with van der Waals surface area (Å²) >= 11 is 14.2. The summed E-state index contributed by atoms with van der Waals surface area (Å²) in [4.78, 5) is 12.0. The van der Waals surface area contributed by atoms with Crippen LogP contribution in [0, 0.1) is 3.57 Å². The standard InChI is InChI=1S/C24H19Cl2F3IN3O3/c1-35-21-8-14(7-20(30)23(21)36-13-15-5-6-17(25)10-19(15)26)11-32-33-22(34)12-31-18-4-2-3-16(9-18)24(27,28)29/h2-11,31H,12-13H2,1H3,(H,33,34)/b32-11-. The van der Waals surface area contributed by atoms with Gasteiger partial charge in [-0.2, -0.15) is 18.3 Å². The second-order valence-electron chi connectivity index (χ2n) is 7.28. The monoisotopic (exact) mass is 651 g/mol. The highest BCUT2D eigenvalue weighted by Crippen LogP contribution is 2.35. The highest BCUT2D eigenvalue weighted by Gasteiger charge is 2.30. The van der Waals surface area contributed by atoms with Crippen LogP contribution in [0.15, 0.2) is 59.7 Å². The van der Waals surface area contributed by atoms with E-state index < -0.39 is 17.6 Å². The van der Waals surface area contributed by atoms with Gasteiger partial charge in [0.25, 0.3) is 5.91 Å². The molecule has 190 valence electrons. The molecule has 3 aromatic rings. The quantitative estimate of drug-likeness (QED) is 0.152. The van der Waals surface area contributed by atoms with Gasteiger partial charge < -0.3 is 14.8 Å². The minimum atomic E-state index is -4.47. The number of hydrogen-bond donors (Lipinski definition) is 2. The molecule has 0 radical (unpaired) electrons. The largest absolute Gasteiger partial charge is 0.493 e. The lowest BCUT2D eigenvalue weighted by molar-refractivity contribution is -0.137. The van der Waals surface area contributed by atoms with Crippen LogP contribution in [0.25, 0.3) is 0 Å². The van der Waals surface area contributed by atoms with Crippen molar-refractivity contribution in [3.63, 3.8) is 0 Å². The van der Waals surface area contributed by atoms with Gasteiger partial charge in [-0.1, -0.05) is 35.3 Å². The average molecular weight is 652 g/mol. The lowest BCUT2D eigenvalue weighted by atomic mass is 10.2. The number of anilines is 1. The molecule has 36 heavy (non-hydrogen) atoms. The molecule has 6 nitrogen and oxygen atoms in total.